The summed E-state index contributed by atoms with van der Waals surface area (Å²) in [7, 11) is 3.24. The molecule has 2 aromatic rings. The highest BCUT2D eigenvalue weighted by Gasteiger charge is 2.60. The van der Waals surface area contributed by atoms with Crippen molar-refractivity contribution >= 4 is 33.8 Å². The minimum absolute atomic E-state index is 0.0837. The molecule has 1 amide bonds. The zero-order valence-corrected chi connectivity index (χ0v) is 23.5. The van der Waals surface area contributed by atoms with Crippen molar-refractivity contribution in [3.63, 3.8) is 0 Å². The number of nitrogens with zero attached hydrogens (tertiary/aromatic N) is 2. The fraction of sp³-hybridized carbons (Fsp3) is 0.633. The number of methoxy groups -OCH3 is 2. The van der Waals surface area contributed by atoms with Crippen molar-refractivity contribution in [1.29, 1.82) is 0 Å². The Hall–Kier alpha value is -2.41. The van der Waals surface area contributed by atoms with Gasteiger partial charge in [-0.05, 0) is 80.2 Å². The molecule has 1 aromatic heterocycles. The average molecular weight is 523 g/mol. The Balaban J connectivity index is 1.35. The molecular weight excluding hydrogens is 484 g/mol. The molecule has 1 unspecified atom stereocenters. The van der Waals surface area contributed by atoms with E-state index in [1.54, 1.807) is 37.4 Å². The van der Waals surface area contributed by atoms with Crippen molar-refractivity contribution in [2.24, 2.45) is 28.6 Å². The lowest BCUT2D eigenvalue weighted by Crippen LogP contribution is -2.52. The molecule has 0 spiro atoms. The van der Waals surface area contributed by atoms with Crippen LogP contribution in [0.25, 0.3) is 0 Å². The van der Waals surface area contributed by atoms with Gasteiger partial charge in [-0.3, -0.25) is 14.5 Å². The van der Waals surface area contributed by atoms with Crippen molar-refractivity contribution in [3.05, 3.63) is 28.8 Å². The molecular formula is C30H38N2O4S. The highest BCUT2D eigenvalue weighted by atomic mass is 32.1. The van der Waals surface area contributed by atoms with Gasteiger partial charge in [0.1, 0.15) is 17.3 Å². The van der Waals surface area contributed by atoms with Gasteiger partial charge < -0.3 is 9.47 Å². The van der Waals surface area contributed by atoms with Crippen molar-refractivity contribution < 1.29 is 19.1 Å². The standard InChI is InChI=1S/C30H38N2O4S/c1-17(33)32(24-16-18(35-4)6-10-25(24)36-5)28-31-23-13-15-29(2)21-12-14-30(3)20(9-11-26(30)34)19(21)7-8-22(29)27(23)37-28/h6,10,16,19-22H,7-9,11-15H2,1-5H3/t19-,20-,21-,22?,29+,30-/m0/s1. The molecule has 4 aliphatic rings. The van der Waals surface area contributed by atoms with Gasteiger partial charge in [-0.15, -0.1) is 11.3 Å². The first kappa shape index (κ1) is 24.9. The summed E-state index contributed by atoms with van der Waals surface area (Å²) >= 11 is 1.69. The summed E-state index contributed by atoms with van der Waals surface area (Å²) in [5, 5.41) is 0.716. The van der Waals surface area contributed by atoms with Crippen LogP contribution >= 0.6 is 11.3 Å². The summed E-state index contributed by atoms with van der Waals surface area (Å²) in [6, 6.07) is 5.52. The predicted octanol–water partition coefficient (Wildman–Crippen LogP) is 6.69. The maximum atomic E-state index is 13.0. The number of thiazole rings is 1. The molecule has 37 heavy (non-hydrogen) atoms. The monoisotopic (exact) mass is 522 g/mol. The van der Waals surface area contributed by atoms with E-state index in [2.05, 4.69) is 13.8 Å². The number of aryl methyl sites for hydroxylation is 1. The Morgan fingerprint density at radius 3 is 2.59 bits per heavy atom. The second-order valence-electron chi connectivity index (χ2n) is 12.1. The van der Waals surface area contributed by atoms with Gasteiger partial charge in [0.2, 0.25) is 5.91 Å². The van der Waals surface area contributed by atoms with E-state index in [1.165, 1.54) is 11.3 Å². The summed E-state index contributed by atoms with van der Waals surface area (Å²) in [4.78, 5) is 33.9. The van der Waals surface area contributed by atoms with E-state index in [0.717, 1.165) is 50.6 Å². The zero-order chi connectivity index (χ0) is 26.1. The summed E-state index contributed by atoms with van der Waals surface area (Å²) in [6.45, 7) is 6.36. The number of carbonyl (C=O) groups excluding carboxylic acids is 2. The van der Waals surface area contributed by atoms with Crippen LogP contribution in [-0.4, -0.2) is 30.9 Å². The topological polar surface area (TPSA) is 68.7 Å². The number of ether oxygens (including phenoxy) is 2. The van der Waals surface area contributed by atoms with Gasteiger partial charge in [-0.1, -0.05) is 13.8 Å². The van der Waals surface area contributed by atoms with Crippen LogP contribution in [0.5, 0.6) is 11.5 Å². The Bertz CT molecular complexity index is 1260. The van der Waals surface area contributed by atoms with Crippen LogP contribution in [0, 0.1) is 28.6 Å². The van der Waals surface area contributed by atoms with Crippen molar-refractivity contribution in [2.45, 2.75) is 78.1 Å². The van der Waals surface area contributed by atoms with E-state index in [-0.39, 0.29) is 16.7 Å². The van der Waals surface area contributed by atoms with Gasteiger partial charge in [0.05, 0.1) is 25.6 Å². The molecule has 0 aliphatic heterocycles. The van der Waals surface area contributed by atoms with Crippen LogP contribution in [0.4, 0.5) is 10.8 Å². The fourth-order valence-electron chi connectivity index (χ4n) is 8.68. The molecule has 7 heteroatoms. The van der Waals surface area contributed by atoms with E-state index in [9.17, 15) is 9.59 Å². The lowest BCUT2D eigenvalue weighted by atomic mass is 9.46. The molecule has 6 atom stereocenters. The summed E-state index contributed by atoms with van der Waals surface area (Å²) in [5.74, 6) is 4.05. The number of amides is 1. The van der Waals surface area contributed by atoms with Gasteiger partial charge in [0.15, 0.2) is 5.13 Å². The first-order chi connectivity index (χ1) is 17.7. The van der Waals surface area contributed by atoms with Crippen LogP contribution < -0.4 is 14.4 Å². The third kappa shape index (κ3) is 3.59. The van der Waals surface area contributed by atoms with Gasteiger partial charge in [0.25, 0.3) is 0 Å². The number of rotatable bonds is 4. The van der Waals surface area contributed by atoms with Crippen LogP contribution in [0.3, 0.4) is 0 Å². The van der Waals surface area contributed by atoms with E-state index in [1.807, 2.05) is 18.2 Å². The molecule has 3 saturated carbocycles. The third-order valence-electron chi connectivity index (χ3n) is 10.6. The number of ketones is 1. The lowest BCUT2D eigenvalue weighted by molar-refractivity contribution is -0.134. The average Bonchev–Trinajstić information content (AvgIpc) is 3.44. The Kier molecular flexibility index (Phi) is 5.94. The molecule has 4 aliphatic carbocycles. The maximum Gasteiger partial charge on any atom is 0.230 e. The normalized spacial score (nSPS) is 34.1. The molecule has 0 N–H and O–H groups in total. The summed E-state index contributed by atoms with van der Waals surface area (Å²) in [6.07, 6.45) is 8.51. The predicted molar refractivity (Wildman–Crippen MR) is 145 cm³/mol. The number of aromatic nitrogens is 1. The Morgan fingerprint density at radius 1 is 1.05 bits per heavy atom. The van der Waals surface area contributed by atoms with Crippen LogP contribution in [0.1, 0.15) is 82.2 Å². The van der Waals surface area contributed by atoms with Crippen LogP contribution in [-0.2, 0) is 16.0 Å². The van der Waals surface area contributed by atoms with Crippen molar-refractivity contribution in [2.75, 3.05) is 19.1 Å². The quantitative estimate of drug-likeness (QED) is 0.448. The van der Waals surface area contributed by atoms with Gasteiger partial charge in [0, 0.05) is 35.6 Å². The number of benzene rings is 1. The number of anilines is 2. The van der Waals surface area contributed by atoms with Gasteiger partial charge >= 0.3 is 0 Å². The molecule has 1 aromatic carbocycles. The molecule has 6 nitrogen and oxygen atoms in total. The first-order valence-corrected chi connectivity index (χ1v) is 14.6. The second kappa shape index (κ2) is 8.82. The van der Waals surface area contributed by atoms with Crippen LogP contribution in [0.2, 0.25) is 0 Å². The molecule has 6 rings (SSSR count). The Labute approximate surface area is 223 Å². The Morgan fingerprint density at radius 2 is 1.86 bits per heavy atom. The van der Waals surface area contributed by atoms with Crippen LogP contribution in [0.15, 0.2) is 18.2 Å². The molecule has 3 fully saturated rings. The van der Waals surface area contributed by atoms with E-state index in [0.29, 0.717) is 51.8 Å². The number of hydrogen-bond acceptors (Lipinski definition) is 6. The number of fused-ring (bicyclic) bond motifs is 7. The first-order valence-electron chi connectivity index (χ1n) is 13.8. The largest absolute Gasteiger partial charge is 0.497 e. The van der Waals surface area contributed by atoms with Gasteiger partial charge in [-0.2, -0.15) is 0 Å². The molecule has 1 heterocycles. The second-order valence-corrected chi connectivity index (χ2v) is 13.1. The zero-order valence-electron chi connectivity index (χ0n) is 22.6. The number of Topliss-reactive ketones (excluding diaryl/α,β-unsaturated/α-hetero) is 1. The molecule has 0 saturated heterocycles. The van der Waals surface area contributed by atoms with E-state index in [4.69, 9.17) is 14.5 Å². The molecule has 198 valence electrons. The van der Waals surface area contributed by atoms with E-state index < -0.39 is 0 Å². The number of carbonyl (C=O) groups is 2. The molecule has 0 radical (unpaired) electrons. The van der Waals surface area contributed by atoms with Crippen molar-refractivity contribution in [1.82, 2.24) is 4.98 Å². The summed E-state index contributed by atoms with van der Waals surface area (Å²) in [5.41, 5.74) is 1.95. The smallest absolute Gasteiger partial charge is 0.230 e. The third-order valence-corrected chi connectivity index (χ3v) is 11.8. The highest BCUT2D eigenvalue weighted by Crippen LogP contribution is 2.67. The maximum absolute atomic E-state index is 13.0. The highest BCUT2D eigenvalue weighted by molar-refractivity contribution is 7.16. The SMILES string of the molecule is COc1ccc(OC)c(N(C(C)=O)c2nc3c(s2)C2CC[C@@H]4[C@H](CC[C@]5(C)C(=O)CC[C@@H]45)[C@@]2(C)CC3)c1. The fourth-order valence-corrected chi connectivity index (χ4v) is 10.1. The lowest BCUT2D eigenvalue weighted by Gasteiger charge is -2.59. The van der Waals surface area contributed by atoms with Gasteiger partial charge in [-0.25, -0.2) is 4.98 Å². The molecule has 0 bridgehead atoms. The summed E-state index contributed by atoms with van der Waals surface area (Å²) < 4.78 is 11.1. The van der Waals surface area contributed by atoms with Crippen molar-refractivity contribution in [3.8, 4) is 11.5 Å². The minimum atomic E-state index is -0.0958. The minimum Gasteiger partial charge on any atom is -0.497 e. The number of hydrogen-bond donors (Lipinski definition) is 0. The van der Waals surface area contributed by atoms with E-state index >= 15 is 0 Å².